The molecule has 166 valence electrons. The first kappa shape index (κ1) is 20.3. The maximum atomic E-state index is 13.0. The van der Waals surface area contributed by atoms with Crippen LogP contribution in [-0.2, 0) is 0 Å². The van der Waals surface area contributed by atoms with Crippen molar-refractivity contribution in [3.8, 4) is 16.9 Å². The largest absolute Gasteiger partial charge is 0.495 e. The number of ether oxygens (including phenoxy) is 1. The molecule has 0 spiro atoms. The standard InChI is InChI=1S/C23H20N6O4/c1-11-26-16-6-4-12(8-18(16)33-11)14-10-25-20-19(14)22(31)29-23(28-20)27-15-7-5-13(21(30)24-2)9-17(15)32-3/h4-10H,1-3H3,(H,24,30)(H3,25,27,28,29,31). The molecule has 0 unspecified atom stereocenters. The molecule has 0 fully saturated rings. The molecule has 4 N–H and O–H groups in total. The summed E-state index contributed by atoms with van der Waals surface area (Å²) in [5, 5.41) is 6.05. The Labute approximate surface area is 187 Å². The molecule has 1 amide bonds. The Morgan fingerprint density at radius 2 is 2.00 bits per heavy atom. The quantitative estimate of drug-likeness (QED) is 0.326. The first-order valence-electron chi connectivity index (χ1n) is 10.1. The van der Waals surface area contributed by atoms with Crippen molar-refractivity contribution >= 4 is 39.7 Å². The monoisotopic (exact) mass is 444 g/mol. The molecule has 0 saturated heterocycles. The molecule has 0 radical (unpaired) electrons. The van der Waals surface area contributed by atoms with Crippen molar-refractivity contribution in [3.63, 3.8) is 0 Å². The van der Waals surface area contributed by atoms with E-state index in [1.807, 2.05) is 18.2 Å². The van der Waals surface area contributed by atoms with E-state index in [0.717, 1.165) is 11.1 Å². The molecular weight excluding hydrogens is 424 g/mol. The third-order valence-electron chi connectivity index (χ3n) is 5.29. The number of aryl methyl sites for hydroxylation is 1. The number of nitrogens with zero attached hydrogens (tertiary/aromatic N) is 2. The Bertz CT molecular complexity index is 1580. The number of amides is 1. The highest BCUT2D eigenvalue weighted by Crippen LogP contribution is 2.31. The first-order valence-corrected chi connectivity index (χ1v) is 10.1. The van der Waals surface area contributed by atoms with Crippen LogP contribution in [0.2, 0.25) is 0 Å². The topological polar surface area (TPSA) is 138 Å². The van der Waals surface area contributed by atoms with Gasteiger partial charge in [-0.25, -0.2) is 4.98 Å². The van der Waals surface area contributed by atoms with Gasteiger partial charge in [0.2, 0.25) is 5.95 Å². The highest BCUT2D eigenvalue weighted by atomic mass is 16.5. The summed E-state index contributed by atoms with van der Waals surface area (Å²) in [7, 11) is 3.05. The summed E-state index contributed by atoms with van der Waals surface area (Å²) in [4.78, 5) is 39.5. The van der Waals surface area contributed by atoms with Crippen LogP contribution in [0, 0.1) is 6.92 Å². The van der Waals surface area contributed by atoms with E-state index in [9.17, 15) is 9.59 Å². The number of oxazole rings is 1. The third kappa shape index (κ3) is 3.57. The van der Waals surface area contributed by atoms with E-state index < -0.39 is 0 Å². The molecule has 2 aromatic carbocycles. The van der Waals surface area contributed by atoms with Crippen LogP contribution < -0.4 is 20.9 Å². The fraction of sp³-hybridized carbons (Fsp3) is 0.130. The van der Waals surface area contributed by atoms with Crippen LogP contribution in [0.3, 0.4) is 0 Å². The molecule has 5 aromatic rings. The number of aromatic amines is 2. The lowest BCUT2D eigenvalue weighted by molar-refractivity contribution is 0.0963. The molecule has 0 aliphatic carbocycles. The second kappa shape index (κ2) is 7.83. The zero-order valence-corrected chi connectivity index (χ0v) is 18.1. The smallest absolute Gasteiger partial charge is 0.262 e. The number of hydrogen-bond donors (Lipinski definition) is 4. The normalized spacial score (nSPS) is 11.1. The number of methoxy groups -OCH3 is 1. The number of rotatable bonds is 5. The number of benzene rings is 2. The molecule has 33 heavy (non-hydrogen) atoms. The zero-order valence-electron chi connectivity index (χ0n) is 18.1. The predicted octanol–water partition coefficient (Wildman–Crippen LogP) is 3.48. The van der Waals surface area contributed by atoms with Gasteiger partial charge in [-0.2, -0.15) is 4.98 Å². The number of fused-ring (bicyclic) bond motifs is 2. The zero-order chi connectivity index (χ0) is 23.1. The fourth-order valence-electron chi connectivity index (χ4n) is 3.74. The fourth-order valence-corrected chi connectivity index (χ4v) is 3.74. The van der Waals surface area contributed by atoms with Crippen LogP contribution >= 0.6 is 0 Å². The Hall–Kier alpha value is -4.60. The van der Waals surface area contributed by atoms with Gasteiger partial charge >= 0.3 is 0 Å². The van der Waals surface area contributed by atoms with Gasteiger partial charge < -0.3 is 24.8 Å². The highest BCUT2D eigenvalue weighted by Gasteiger charge is 2.16. The molecule has 0 bridgehead atoms. The maximum absolute atomic E-state index is 13.0. The van der Waals surface area contributed by atoms with Crippen LogP contribution in [0.15, 0.2) is 51.8 Å². The lowest BCUT2D eigenvalue weighted by atomic mass is 10.1. The SMILES string of the molecule is CNC(=O)c1ccc(Nc2nc3[nH]cc(-c4ccc5nc(C)oc5c4)c3c(=O)[nH]2)c(OC)c1. The number of carbonyl (C=O) groups is 1. The van der Waals surface area contributed by atoms with E-state index >= 15 is 0 Å². The number of H-pyrrole nitrogens is 2. The van der Waals surface area contributed by atoms with Gasteiger partial charge in [-0.15, -0.1) is 0 Å². The molecular formula is C23H20N6O4. The highest BCUT2D eigenvalue weighted by molar-refractivity contribution is 5.96. The molecule has 0 aliphatic rings. The van der Waals surface area contributed by atoms with Crippen molar-refractivity contribution in [2.45, 2.75) is 6.92 Å². The van der Waals surface area contributed by atoms with Crippen molar-refractivity contribution < 1.29 is 13.9 Å². The Morgan fingerprint density at radius 1 is 1.15 bits per heavy atom. The number of aromatic nitrogens is 4. The van der Waals surface area contributed by atoms with E-state index in [1.54, 1.807) is 38.4 Å². The van der Waals surface area contributed by atoms with Crippen molar-refractivity contribution in [2.75, 3.05) is 19.5 Å². The van der Waals surface area contributed by atoms with Crippen molar-refractivity contribution in [2.24, 2.45) is 0 Å². The van der Waals surface area contributed by atoms with Crippen LogP contribution in [0.1, 0.15) is 16.2 Å². The van der Waals surface area contributed by atoms with Crippen molar-refractivity contribution in [1.82, 2.24) is 25.3 Å². The van der Waals surface area contributed by atoms with Crippen LogP contribution in [0.4, 0.5) is 11.6 Å². The van der Waals surface area contributed by atoms with Gasteiger partial charge in [0, 0.05) is 31.3 Å². The van der Waals surface area contributed by atoms with E-state index in [0.29, 0.717) is 45.1 Å². The minimum Gasteiger partial charge on any atom is -0.495 e. The van der Waals surface area contributed by atoms with Gasteiger partial charge in [0.25, 0.3) is 11.5 Å². The Kier molecular flexibility index (Phi) is 4.82. The average Bonchev–Trinajstić information content (AvgIpc) is 3.41. The number of carbonyl (C=O) groups excluding carboxylic acids is 1. The Morgan fingerprint density at radius 3 is 2.79 bits per heavy atom. The lowest BCUT2D eigenvalue weighted by Crippen LogP contribution is -2.18. The van der Waals surface area contributed by atoms with Crippen molar-refractivity contribution in [3.05, 3.63) is 64.4 Å². The van der Waals surface area contributed by atoms with Gasteiger partial charge in [-0.05, 0) is 35.9 Å². The minimum absolute atomic E-state index is 0.230. The summed E-state index contributed by atoms with van der Waals surface area (Å²) in [5.41, 5.74) is 4.02. The van der Waals surface area contributed by atoms with Gasteiger partial charge in [0.15, 0.2) is 11.5 Å². The van der Waals surface area contributed by atoms with Gasteiger partial charge in [0.05, 0.1) is 18.2 Å². The minimum atomic E-state index is -0.312. The van der Waals surface area contributed by atoms with Gasteiger partial charge in [-0.3, -0.25) is 14.6 Å². The number of hydrogen-bond acceptors (Lipinski definition) is 7. The average molecular weight is 444 g/mol. The summed E-state index contributed by atoms with van der Waals surface area (Å²) in [6.45, 7) is 1.79. The van der Waals surface area contributed by atoms with Crippen LogP contribution in [-0.4, -0.2) is 40.0 Å². The van der Waals surface area contributed by atoms with Crippen LogP contribution in [0.5, 0.6) is 5.75 Å². The lowest BCUT2D eigenvalue weighted by Gasteiger charge is -2.12. The maximum Gasteiger partial charge on any atom is 0.262 e. The molecule has 10 nitrogen and oxygen atoms in total. The third-order valence-corrected chi connectivity index (χ3v) is 5.29. The summed E-state index contributed by atoms with van der Waals surface area (Å²) in [6.07, 6.45) is 1.74. The van der Waals surface area contributed by atoms with E-state index in [1.165, 1.54) is 7.11 Å². The molecule has 0 aliphatic heterocycles. The Balaban J connectivity index is 1.52. The second-order valence-electron chi connectivity index (χ2n) is 7.38. The summed E-state index contributed by atoms with van der Waals surface area (Å²) >= 11 is 0. The molecule has 0 saturated carbocycles. The first-order chi connectivity index (χ1) is 16.0. The second-order valence-corrected chi connectivity index (χ2v) is 7.38. The van der Waals surface area contributed by atoms with E-state index in [-0.39, 0.29) is 17.4 Å². The molecule has 0 atom stereocenters. The van der Waals surface area contributed by atoms with E-state index in [4.69, 9.17) is 9.15 Å². The van der Waals surface area contributed by atoms with Crippen LogP contribution in [0.25, 0.3) is 33.3 Å². The molecule has 3 aromatic heterocycles. The predicted molar refractivity (Wildman–Crippen MR) is 124 cm³/mol. The summed E-state index contributed by atoms with van der Waals surface area (Å²) < 4.78 is 11.0. The molecule has 10 heteroatoms. The van der Waals surface area contributed by atoms with Gasteiger partial charge in [0.1, 0.15) is 16.9 Å². The molecule has 5 rings (SSSR count). The number of nitrogens with one attached hydrogen (secondary N) is 4. The summed E-state index contributed by atoms with van der Waals surface area (Å²) in [6, 6.07) is 10.5. The summed E-state index contributed by atoms with van der Waals surface area (Å²) in [5.74, 6) is 1.01. The van der Waals surface area contributed by atoms with Gasteiger partial charge in [-0.1, -0.05) is 6.07 Å². The van der Waals surface area contributed by atoms with Crippen molar-refractivity contribution in [1.29, 1.82) is 0 Å². The number of anilines is 2. The van der Waals surface area contributed by atoms with E-state index in [2.05, 4.69) is 30.6 Å². The molecule has 3 heterocycles.